The second-order valence-electron chi connectivity index (χ2n) is 9.02. The third kappa shape index (κ3) is 6.24. The molecule has 3 aromatic carbocycles. The molecule has 4 aromatic rings. The standard InChI is InChI=1S/C29H24Cl2FN5O3S/c1-3-40-27(39)18-9-13-20(14-10-18)34-26(38)24-16(2)33-28-35-29(41-15-21-22(31)5-4-6-23(21)32)36-37(28)25(24)17-7-11-19(30)12-8-17/h4-14,25H,3,15H2,1-2H3,(H,34,38)(H,33,35,36). The second kappa shape index (κ2) is 12.3. The molecule has 5 rings (SSSR count). The molecular formula is C29H24Cl2FN5O3S. The lowest BCUT2D eigenvalue weighted by molar-refractivity contribution is -0.113. The number of benzene rings is 3. The molecule has 0 saturated heterocycles. The number of ether oxygens (including phenoxy) is 1. The Morgan fingerprint density at radius 2 is 1.83 bits per heavy atom. The van der Waals surface area contributed by atoms with E-state index in [-0.39, 0.29) is 18.3 Å². The van der Waals surface area contributed by atoms with E-state index in [2.05, 4.69) is 20.7 Å². The quantitative estimate of drug-likeness (QED) is 0.162. The van der Waals surface area contributed by atoms with E-state index in [0.717, 1.165) is 5.56 Å². The third-order valence-electron chi connectivity index (χ3n) is 6.32. The molecular weight excluding hydrogens is 588 g/mol. The maximum Gasteiger partial charge on any atom is 0.338 e. The molecule has 1 aliphatic rings. The number of hydrogen-bond donors (Lipinski definition) is 2. The molecule has 2 N–H and O–H groups in total. The van der Waals surface area contributed by atoms with Gasteiger partial charge >= 0.3 is 5.97 Å². The third-order valence-corrected chi connectivity index (χ3v) is 7.79. The topological polar surface area (TPSA) is 98.1 Å². The van der Waals surface area contributed by atoms with E-state index in [0.29, 0.717) is 49.2 Å². The van der Waals surface area contributed by atoms with E-state index in [9.17, 15) is 14.0 Å². The summed E-state index contributed by atoms with van der Waals surface area (Å²) < 4.78 is 21.0. The van der Waals surface area contributed by atoms with Gasteiger partial charge in [0.05, 0.1) is 17.7 Å². The number of esters is 1. The minimum absolute atomic E-state index is 0.224. The van der Waals surface area contributed by atoms with Crippen LogP contribution in [0.25, 0.3) is 0 Å². The van der Waals surface area contributed by atoms with E-state index in [1.54, 1.807) is 67.1 Å². The first-order valence-corrected chi connectivity index (χ1v) is 14.3. The van der Waals surface area contributed by atoms with E-state index in [1.165, 1.54) is 17.8 Å². The van der Waals surface area contributed by atoms with Crippen molar-refractivity contribution in [3.8, 4) is 0 Å². The number of aromatic nitrogens is 3. The summed E-state index contributed by atoms with van der Waals surface area (Å²) in [4.78, 5) is 30.3. The summed E-state index contributed by atoms with van der Waals surface area (Å²) in [5.41, 5.74) is 3.00. The van der Waals surface area contributed by atoms with Gasteiger partial charge in [-0.15, -0.1) is 5.10 Å². The number of carbonyl (C=O) groups excluding carboxylic acids is 2. The van der Waals surface area contributed by atoms with Crippen LogP contribution in [0.5, 0.6) is 0 Å². The molecule has 0 spiro atoms. The zero-order valence-corrected chi connectivity index (χ0v) is 24.3. The van der Waals surface area contributed by atoms with Crippen molar-refractivity contribution in [3.63, 3.8) is 0 Å². The minimum Gasteiger partial charge on any atom is -0.462 e. The van der Waals surface area contributed by atoms with Crippen molar-refractivity contribution in [2.24, 2.45) is 0 Å². The second-order valence-corrected chi connectivity index (χ2v) is 10.8. The van der Waals surface area contributed by atoms with Gasteiger partial charge in [0.25, 0.3) is 5.91 Å². The first-order chi connectivity index (χ1) is 19.7. The lowest BCUT2D eigenvalue weighted by Gasteiger charge is -2.28. The van der Waals surface area contributed by atoms with Gasteiger partial charge in [-0.25, -0.2) is 13.9 Å². The van der Waals surface area contributed by atoms with Crippen LogP contribution in [0.4, 0.5) is 16.0 Å². The van der Waals surface area contributed by atoms with Crippen LogP contribution in [0.3, 0.4) is 0 Å². The van der Waals surface area contributed by atoms with E-state index >= 15 is 0 Å². The van der Waals surface area contributed by atoms with Crippen molar-refractivity contribution >= 4 is 58.5 Å². The number of halogens is 3. The normalized spacial score (nSPS) is 14.3. The zero-order chi connectivity index (χ0) is 29.1. The predicted octanol–water partition coefficient (Wildman–Crippen LogP) is 7.12. The monoisotopic (exact) mass is 611 g/mol. The van der Waals surface area contributed by atoms with E-state index < -0.39 is 17.8 Å². The van der Waals surface area contributed by atoms with Crippen LogP contribution in [0.2, 0.25) is 10.0 Å². The number of thioether (sulfide) groups is 1. The lowest BCUT2D eigenvalue weighted by atomic mass is 9.95. The van der Waals surface area contributed by atoms with Gasteiger partial charge in [0, 0.05) is 32.7 Å². The Balaban J connectivity index is 1.44. The number of fused-ring (bicyclic) bond motifs is 1. The minimum atomic E-state index is -0.638. The van der Waals surface area contributed by atoms with Gasteiger partial charge in [0.2, 0.25) is 11.1 Å². The molecule has 1 aromatic heterocycles. The molecule has 1 unspecified atom stereocenters. The summed E-state index contributed by atoms with van der Waals surface area (Å²) in [6.07, 6.45) is 0. The van der Waals surface area contributed by atoms with Gasteiger partial charge < -0.3 is 15.4 Å². The molecule has 41 heavy (non-hydrogen) atoms. The summed E-state index contributed by atoms with van der Waals surface area (Å²) in [5, 5.41) is 12.0. The maximum absolute atomic E-state index is 14.3. The molecule has 1 atom stereocenters. The number of amides is 1. The Morgan fingerprint density at radius 3 is 2.51 bits per heavy atom. The molecule has 1 amide bonds. The Morgan fingerprint density at radius 1 is 1.10 bits per heavy atom. The fraction of sp³-hybridized carbons (Fsp3) is 0.172. The van der Waals surface area contributed by atoms with Gasteiger partial charge in [-0.3, -0.25) is 4.79 Å². The number of nitrogens with zero attached hydrogens (tertiary/aromatic N) is 3. The average molecular weight is 613 g/mol. The van der Waals surface area contributed by atoms with Crippen molar-refractivity contribution in [2.45, 2.75) is 30.8 Å². The van der Waals surface area contributed by atoms with Crippen molar-refractivity contribution in [3.05, 3.63) is 111 Å². The molecule has 8 nitrogen and oxygen atoms in total. The fourth-order valence-electron chi connectivity index (χ4n) is 4.35. The van der Waals surface area contributed by atoms with Crippen LogP contribution in [0.15, 0.2) is 83.2 Å². The lowest BCUT2D eigenvalue weighted by Crippen LogP contribution is -2.31. The number of nitrogens with one attached hydrogen (secondary N) is 2. The van der Waals surface area contributed by atoms with Crippen molar-refractivity contribution < 1.29 is 18.7 Å². The highest BCUT2D eigenvalue weighted by atomic mass is 35.5. The van der Waals surface area contributed by atoms with Gasteiger partial charge in [0.1, 0.15) is 11.9 Å². The highest BCUT2D eigenvalue weighted by Crippen LogP contribution is 2.38. The molecule has 0 radical (unpaired) electrons. The molecule has 0 fully saturated rings. The van der Waals surface area contributed by atoms with Gasteiger partial charge in [-0.05, 0) is 67.9 Å². The van der Waals surface area contributed by atoms with Crippen LogP contribution in [0.1, 0.15) is 41.4 Å². The number of carbonyl (C=O) groups is 2. The predicted molar refractivity (Wildman–Crippen MR) is 158 cm³/mol. The van der Waals surface area contributed by atoms with E-state index in [1.807, 2.05) is 12.1 Å². The first-order valence-electron chi connectivity index (χ1n) is 12.6. The van der Waals surface area contributed by atoms with Crippen LogP contribution in [0, 0.1) is 5.82 Å². The SMILES string of the molecule is CCOC(=O)c1ccc(NC(=O)C2=C(C)Nc3nc(SCc4c(F)cccc4Cl)nn3C2c2ccc(Cl)cc2)cc1. The molecule has 1 aliphatic heterocycles. The van der Waals surface area contributed by atoms with Gasteiger partial charge in [-0.2, -0.15) is 4.98 Å². The van der Waals surface area contributed by atoms with Crippen molar-refractivity contribution in [1.29, 1.82) is 0 Å². The Kier molecular flexibility index (Phi) is 8.63. The highest BCUT2D eigenvalue weighted by Gasteiger charge is 2.34. The largest absolute Gasteiger partial charge is 0.462 e. The van der Waals surface area contributed by atoms with Crippen molar-refractivity contribution in [2.75, 3.05) is 17.2 Å². The molecule has 210 valence electrons. The van der Waals surface area contributed by atoms with Crippen LogP contribution < -0.4 is 10.6 Å². The number of rotatable bonds is 8. The number of hydrogen-bond acceptors (Lipinski definition) is 7. The average Bonchev–Trinajstić information content (AvgIpc) is 3.35. The van der Waals surface area contributed by atoms with E-state index in [4.69, 9.17) is 27.9 Å². The Hall–Kier alpha value is -3.86. The highest BCUT2D eigenvalue weighted by molar-refractivity contribution is 7.98. The molecule has 2 heterocycles. The molecule has 0 bridgehead atoms. The van der Waals surface area contributed by atoms with Crippen LogP contribution in [-0.4, -0.2) is 33.2 Å². The van der Waals surface area contributed by atoms with Gasteiger partial charge in [-0.1, -0.05) is 53.2 Å². The Labute approximate surface area is 249 Å². The molecule has 0 saturated carbocycles. The first kappa shape index (κ1) is 28.7. The summed E-state index contributed by atoms with van der Waals surface area (Å²) in [6.45, 7) is 3.79. The fourth-order valence-corrected chi connectivity index (χ4v) is 5.65. The summed E-state index contributed by atoms with van der Waals surface area (Å²) in [5.74, 6) is -0.555. The summed E-state index contributed by atoms with van der Waals surface area (Å²) in [7, 11) is 0. The zero-order valence-electron chi connectivity index (χ0n) is 22.0. The van der Waals surface area contributed by atoms with Crippen molar-refractivity contribution in [1.82, 2.24) is 14.8 Å². The summed E-state index contributed by atoms with van der Waals surface area (Å²) >= 11 is 13.6. The summed E-state index contributed by atoms with van der Waals surface area (Å²) in [6, 6.07) is 17.5. The van der Waals surface area contributed by atoms with Gasteiger partial charge in [0.15, 0.2) is 0 Å². The van der Waals surface area contributed by atoms with Crippen LogP contribution in [-0.2, 0) is 15.3 Å². The molecule has 0 aliphatic carbocycles. The maximum atomic E-state index is 14.3. The Bertz CT molecular complexity index is 1620. The molecule has 12 heteroatoms. The number of allylic oxidation sites excluding steroid dienone is 1. The van der Waals surface area contributed by atoms with Crippen LogP contribution >= 0.6 is 35.0 Å². The smallest absolute Gasteiger partial charge is 0.338 e. The number of anilines is 2.